The third-order valence-corrected chi connectivity index (χ3v) is 6.35. The molecule has 2 heterocycles. The number of aromatic nitrogens is 1. The average Bonchev–Trinajstić information content (AvgIpc) is 3.42. The lowest BCUT2D eigenvalue weighted by molar-refractivity contribution is -0.146. The number of carbonyl (C=O) groups excluding carboxylic acids is 1. The molecule has 0 bridgehead atoms. The smallest absolute Gasteiger partial charge is 0.410 e. The van der Waals surface area contributed by atoms with Gasteiger partial charge >= 0.3 is 12.1 Å². The number of amides is 1. The van der Waals surface area contributed by atoms with Crippen LogP contribution in [0.5, 0.6) is 0 Å². The highest BCUT2D eigenvalue weighted by Gasteiger charge is 2.44. The van der Waals surface area contributed by atoms with Gasteiger partial charge in [-0.3, -0.25) is 9.88 Å². The average molecular weight is 444 g/mol. The molecule has 1 amide bonds. The molecule has 1 saturated heterocycles. The van der Waals surface area contributed by atoms with Gasteiger partial charge in [-0.2, -0.15) is 0 Å². The van der Waals surface area contributed by atoms with Crippen molar-refractivity contribution in [1.82, 2.24) is 9.88 Å². The van der Waals surface area contributed by atoms with Crippen LogP contribution in [0, 0.1) is 0 Å². The predicted octanol–water partition coefficient (Wildman–Crippen LogP) is 4.07. The Morgan fingerprint density at radius 2 is 1.70 bits per heavy atom. The van der Waals surface area contributed by atoms with E-state index in [1.54, 1.807) is 18.5 Å². The van der Waals surface area contributed by atoms with Crippen LogP contribution in [-0.4, -0.2) is 52.4 Å². The molecule has 7 heteroatoms. The molecule has 1 aliphatic carbocycles. The minimum Gasteiger partial charge on any atom is -0.480 e. The van der Waals surface area contributed by atoms with Crippen LogP contribution in [0.25, 0.3) is 11.1 Å². The fourth-order valence-electron chi connectivity index (χ4n) is 4.80. The Bertz CT molecular complexity index is 1120. The number of carbonyl (C=O) groups is 2. The van der Waals surface area contributed by atoms with Crippen LogP contribution in [0.3, 0.4) is 0 Å². The Kier molecular flexibility index (Phi) is 5.79. The highest BCUT2D eigenvalue weighted by Crippen LogP contribution is 2.44. The monoisotopic (exact) mass is 444 g/mol. The van der Waals surface area contributed by atoms with Gasteiger partial charge in [-0.25, -0.2) is 9.59 Å². The summed E-state index contributed by atoms with van der Waals surface area (Å²) in [5.41, 5.74) is 5.35. The fraction of sp³-hybridized carbons (Fsp3) is 0.269. The maximum Gasteiger partial charge on any atom is 0.410 e. The molecule has 2 atom stereocenters. The first-order valence-corrected chi connectivity index (χ1v) is 11.0. The number of ether oxygens (including phenoxy) is 2. The number of fused-ring (bicyclic) bond motifs is 3. The zero-order chi connectivity index (χ0) is 22.8. The lowest BCUT2D eigenvalue weighted by Crippen LogP contribution is -2.46. The van der Waals surface area contributed by atoms with Crippen LogP contribution in [0.15, 0.2) is 73.1 Å². The maximum absolute atomic E-state index is 12.9. The highest BCUT2D eigenvalue weighted by molar-refractivity contribution is 5.82. The quantitative estimate of drug-likeness (QED) is 0.616. The molecule has 2 aromatic carbocycles. The van der Waals surface area contributed by atoms with Crippen molar-refractivity contribution in [2.75, 3.05) is 13.2 Å². The van der Waals surface area contributed by atoms with Crippen molar-refractivity contribution < 1.29 is 24.2 Å². The molecular formula is C26H24N2O5. The van der Waals surface area contributed by atoms with Gasteiger partial charge in [0.1, 0.15) is 6.61 Å². The fourth-order valence-corrected chi connectivity index (χ4v) is 4.80. The molecule has 2 aliphatic rings. The molecule has 1 N–H and O–H groups in total. The molecule has 3 aromatic rings. The third-order valence-electron chi connectivity index (χ3n) is 6.35. The van der Waals surface area contributed by atoms with Crippen molar-refractivity contribution in [2.45, 2.75) is 31.1 Å². The SMILES string of the molecule is O=C(O)[C@@H]1[C@@H](OCc2cccnc2)CCN1C(=O)OCC1c2ccccc2-c2ccccc21. The van der Waals surface area contributed by atoms with Gasteiger partial charge in [0.05, 0.1) is 12.7 Å². The second-order valence-electron chi connectivity index (χ2n) is 8.28. The summed E-state index contributed by atoms with van der Waals surface area (Å²) in [4.78, 5) is 30.2. The van der Waals surface area contributed by atoms with Gasteiger partial charge < -0.3 is 14.6 Å². The van der Waals surface area contributed by atoms with Gasteiger partial charge in [0.25, 0.3) is 0 Å². The van der Waals surface area contributed by atoms with Crippen molar-refractivity contribution in [3.63, 3.8) is 0 Å². The first kappa shape index (κ1) is 21.2. The van der Waals surface area contributed by atoms with E-state index in [4.69, 9.17) is 9.47 Å². The number of rotatable bonds is 6. The summed E-state index contributed by atoms with van der Waals surface area (Å²) in [5, 5.41) is 9.80. The minimum atomic E-state index is -1.10. The molecule has 168 valence electrons. The molecule has 5 rings (SSSR count). The lowest BCUT2D eigenvalue weighted by atomic mass is 9.98. The first-order valence-electron chi connectivity index (χ1n) is 11.0. The van der Waals surface area contributed by atoms with Gasteiger partial charge in [-0.15, -0.1) is 0 Å². The van der Waals surface area contributed by atoms with E-state index in [2.05, 4.69) is 17.1 Å². The van der Waals surface area contributed by atoms with Crippen LogP contribution in [0.1, 0.15) is 29.0 Å². The Balaban J connectivity index is 1.26. The first-order chi connectivity index (χ1) is 16.1. The summed E-state index contributed by atoms with van der Waals surface area (Å²) in [6, 6.07) is 18.8. The van der Waals surface area contributed by atoms with Crippen LogP contribution in [-0.2, 0) is 20.9 Å². The zero-order valence-corrected chi connectivity index (χ0v) is 18.0. The number of aliphatic carboxylic acids is 1. The largest absolute Gasteiger partial charge is 0.480 e. The molecule has 0 unspecified atom stereocenters. The Labute approximate surface area is 191 Å². The normalized spacial score (nSPS) is 19.2. The third kappa shape index (κ3) is 4.07. The van der Waals surface area contributed by atoms with Crippen molar-refractivity contribution >= 4 is 12.1 Å². The molecule has 1 aromatic heterocycles. The van der Waals surface area contributed by atoms with Gasteiger partial charge in [0, 0.05) is 24.9 Å². The second kappa shape index (κ2) is 9.03. The number of hydrogen-bond donors (Lipinski definition) is 1. The molecule has 1 fully saturated rings. The molecule has 33 heavy (non-hydrogen) atoms. The van der Waals surface area contributed by atoms with Crippen LogP contribution >= 0.6 is 0 Å². The van der Waals surface area contributed by atoms with Gasteiger partial charge in [0.2, 0.25) is 0 Å². The Morgan fingerprint density at radius 1 is 1.00 bits per heavy atom. The van der Waals surface area contributed by atoms with E-state index in [-0.39, 0.29) is 25.7 Å². The summed E-state index contributed by atoms with van der Waals surface area (Å²) < 4.78 is 11.5. The molecule has 1 aliphatic heterocycles. The number of nitrogens with zero attached hydrogens (tertiary/aromatic N) is 2. The summed E-state index contributed by atoms with van der Waals surface area (Å²) in [7, 11) is 0. The number of pyridine rings is 1. The number of hydrogen-bond acceptors (Lipinski definition) is 5. The van der Waals surface area contributed by atoms with Gasteiger partial charge in [0.15, 0.2) is 6.04 Å². The van der Waals surface area contributed by atoms with E-state index in [1.807, 2.05) is 42.5 Å². The lowest BCUT2D eigenvalue weighted by Gasteiger charge is -2.25. The minimum absolute atomic E-state index is 0.0788. The molecular weight excluding hydrogens is 420 g/mol. The Morgan fingerprint density at radius 3 is 2.33 bits per heavy atom. The summed E-state index contributed by atoms with van der Waals surface area (Å²) in [6.07, 6.45) is 2.54. The van der Waals surface area contributed by atoms with Crippen LogP contribution in [0.4, 0.5) is 4.79 Å². The summed E-state index contributed by atoms with van der Waals surface area (Å²) >= 11 is 0. The maximum atomic E-state index is 12.9. The highest BCUT2D eigenvalue weighted by atomic mass is 16.6. The molecule has 0 radical (unpaired) electrons. The molecule has 0 spiro atoms. The van der Waals surface area contributed by atoms with Crippen LogP contribution in [0.2, 0.25) is 0 Å². The van der Waals surface area contributed by atoms with E-state index in [0.717, 1.165) is 27.8 Å². The number of likely N-dealkylation sites (tertiary alicyclic amines) is 1. The number of benzene rings is 2. The van der Waals surface area contributed by atoms with E-state index in [1.165, 1.54) is 4.90 Å². The van der Waals surface area contributed by atoms with E-state index in [0.29, 0.717) is 6.42 Å². The zero-order valence-electron chi connectivity index (χ0n) is 18.0. The second-order valence-corrected chi connectivity index (χ2v) is 8.28. The van der Waals surface area contributed by atoms with Gasteiger partial charge in [-0.1, -0.05) is 54.6 Å². The van der Waals surface area contributed by atoms with Crippen molar-refractivity contribution in [1.29, 1.82) is 0 Å². The van der Waals surface area contributed by atoms with Crippen molar-refractivity contribution in [3.8, 4) is 11.1 Å². The number of carboxylic acids is 1. The van der Waals surface area contributed by atoms with E-state index in [9.17, 15) is 14.7 Å². The number of carboxylic acid groups (broad SMARTS) is 1. The summed E-state index contributed by atoms with van der Waals surface area (Å²) in [6.45, 7) is 0.656. The topological polar surface area (TPSA) is 89.0 Å². The predicted molar refractivity (Wildman–Crippen MR) is 121 cm³/mol. The molecule has 0 saturated carbocycles. The van der Waals surface area contributed by atoms with Crippen molar-refractivity contribution in [2.24, 2.45) is 0 Å². The standard InChI is InChI=1S/C26H24N2O5/c29-25(30)24-23(32-15-17-6-5-12-27-14-17)11-13-28(24)26(31)33-16-22-20-9-3-1-7-18(20)19-8-2-4-10-21(19)22/h1-10,12,14,22-24H,11,13,15-16H2,(H,29,30)/t23-,24-/m0/s1. The summed E-state index contributed by atoms with van der Waals surface area (Å²) in [5.74, 6) is -1.18. The van der Waals surface area contributed by atoms with E-state index >= 15 is 0 Å². The van der Waals surface area contributed by atoms with Crippen LogP contribution < -0.4 is 0 Å². The Hall–Kier alpha value is -3.71. The van der Waals surface area contributed by atoms with Crippen molar-refractivity contribution in [3.05, 3.63) is 89.7 Å². The van der Waals surface area contributed by atoms with Gasteiger partial charge in [-0.05, 0) is 40.3 Å². The van der Waals surface area contributed by atoms with E-state index < -0.39 is 24.2 Å². The molecule has 7 nitrogen and oxygen atoms in total.